The number of amides is 1. The van der Waals surface area contributed by atoms with Crippen LogP contribution in [0.15, 0.2) is 89.1 Å². The summed E-state index contributed by atoms with van der Waals surface area (Å²) >= 11 is 1.39. The van der Waals surface area contributed by atoms with Gasteiger partial charge in [-0.2, -0.15) is 5.10 Å². The second kappa shape index (κ2) is 8.75. The van der Waals surface area contributed by atoms with Gasteiger partial charge in [0.25, 0.3) is 5.91 Å². The second-order valence-electron chi connectivity index (χ2n) is 6.51. The molecular formula is C23H20N4OS. The molecule has 1 heterocycles. The predicted molar refractivity (Wildman–Crippen MR) is 119 cm³/mol. The first-order valence-corrected chi connectivity index (χ1v) is 10.2. The first kappa shape index (κ1) is 19.0. The molecule has 0 radical (unpaired) electrons. The predicted octanol–water partition coefficient (Wildman–Crippen LogP) is 4.48. The number of thioether (sulfide) groups is 1. The highest BCUT2D eigenvalue weighted by atomic mass is 32.2. The maximum Gasteiger partial charge on any atom is 0.250 e. The Labute approximate surface area is 173 Å². The minimum atomic E-state index is -0.167. The van der Waals surface area contributed by atoms with Gasteiger partial charge >= 0.3 is 0 Å². The number of nitrogens with one attached hydrogen (secondary N) is 1. The van der Waals surface area contributed by atoms with E-state index in [1.807, 2.05) is 78.3 Å². The highest BCUT2D eigenvalue weighted by molar-refractivity contribution is 7.99. The number of hydrogen-bond acceptors (Lipinski definition) is 4. The summed E-state index contributed by atoms with van der Waals surface area (Å²) in [5, 5.41) is 4.86. The molecule has 144 valence electrons. The number of aryl methyl sites for hydroxylation is 1. The van der Waals surface area contributed by atoms with Crippen LogP contribution < -0.4 is 5.43 Å². The zero-order chi connectivity index (χ0) is 20.1. The lowest BCUT2D eigenvalue weighted by Crippen LogP contribution is -2.19. The summed E-state index contributed by atoms with van der Waals surface area (Å²) in [7, 11) is 1.95. The maximum absolute atomic E-state index is 12.1. The molecule has 0 bridgehead atoms. The van der Waals surface area contributed by atoms with E-state index in [1.54, 1.807) is 6.21 Å². The molecule has 0 saturated heterocycles. The van der Waals surface area contributed by atoms with Crippen molar-refractivity contribution >= 4 is 34.9 Å². The van der Waals surface area contributed by atoms with Crippen molar-refractivity contribution in [1.82, 2.24) is 15.0 Å². The van der Waals surface area contributed by atoms with Crippen molar-refractivity contribution in [3.63, 3.8) is 0 Å². The largest absolute Gasteiger partial charge is 0.322 e. The van der Waals surface area contributed by atoms with Crippen LogP contribution >= 0.6 is 11.8 Å². The lowest BCUT2D eigenvalue weighted by Gasteiger charge is -2.02. The zero-order valence-electron chi connectivity index (χ0n) is 15.9. The van der Waals surface area contributed by atoms with Crippen LogP contribution in [0.4, 0.5) is 0 Å². The van der Waals surface area contributed by atoms with Crippen LogP contribution in [0.25, 0.3) is 22.2 Å². The molecule has 0 fully saturated rings. The van der Waals surface area contributed by atoms with Crippen molar-refractivity contribution < 1.29 is 4.79 Å². The fourth-order valence-corrected chi connectivity index (χ4v) is 3.77. The number of nitrogens with zero attached hydrogens (tertiary/aromatic N) is 3. The summed E-state index contributed by atoms with van der Waals surface area (Å²) in [6, 6.07) is 26.1. The standard InChI is InChI=1S/C23H20N4OS/c1-27-21-10-6-5-9-20(21)25-23(27)29-16-22(28)26-24-15-17-11-13-19(14-12-17)18-7-3-2-4-8-18/h2-15H,16H2,1H3,(H,26,28)/b24-15-. The third-order valence-electron chi connectivity index (χ3n) is 4.50. The minimum Gasteiger partial charge on any atom is -0.322 e. The van der Waals surface area contributed by atoms with E-state index < -0.39 is 0 Å². The van der Waals surface area contributed by atoms with Crippen molar-refractivity contribution in [3.8, 4) is 11.1 Å². The second-order valence-corrected chi connectivity index (χ2v) is 7.45. The molecule has 0 aliphatic heterocycles. The van der Waals surface area contributed by atoms with Crippen LogP contribution in [0.5, 0.6) is 0 Å². The monoisotopic (exact) mass is 400 g/mol. The van der Waals surface area contributed by atoms with E-state index in [4.69, 9.17) is 0 Å². The molecule has 0 spiro atoms. The number of hydrogen-bond donors (Lipinski definition) is 1. The number of carbonyl (C=O) groups excluding carboxylic acids is 1. The Bertz CT molecular complexity index is 1150. The van der Waals surface area contributed by atoms with E-state index in [2.05, 4.69) is 27.6 Å². The number of benzene rings is 3. The van der Waals surface area contributed by atoms with Gasteiger partial charge in [0.2, 0.25) is 0 Å². The van der Waals surface area contributed by atoms with Crippen molar-refractivity contribution in [1.29, 1.82) is 0 Å². The summed E-state index contributed by atoms with van der Waals surface area (Å²) in [6.07, 6.45) is 1.65. The molecule has 0 aliphatic carbocycles. The average molecular weight is 401 g/mol. The molecule has 0 saturated carbocycles. The van der Waals surface area contributed by atoms with Crippen LogP contribution in [-0.2, 0) is 11.8 Å². The van der Waals surface area contributed by atoms with E-state index in [1.165, 1.54) is 17.3 Å². The lowest BCUT2D eigenvalue weighted by molar-refractivity contribution is -0.118. The number of imidazole rings is 1. The first-order valence-electron chi connectivity index (χ1n) is 9.22. The number of carbonyl (C=O) groups is 1. The summed E-state index contributed by atoms with van der Waals surface area (Å²) in [4.78, 5) is 16.6. The lowest BCUT2D eigenvalue weighted by atomic mass is 10.0. The molecule has 3 aromatic carbocycles. The molecular weight excluding hydrogens is 380 g/mol. The molecule has 0 atom stereocenters. The van der Waals surface area contributed by atoms with Gasteiger partial charge in [-0.15, -0.1) is 0 Å². The molecule has 5 nitrogen and oxygen atoms in total. The first-order chi connectivity index (χ1) is 14.2. The summed E-state index contributed by atoms with van der Waals surface area (Å²) in [6.45, 7) is 0. The number of para-hydroxylation sites is 2. The molecule has 1 aromatic heterocycles. The smallest absolute Gasteiger partial charge is 0.250 e. The van der Waals surface area contributed by atoms with Crippen molar-refractivity contribution in [2.45, 2.75) is 5.16 Å². The van der Waals surface area contributed by atoms with Crippen LogP contribution in [0, 0.1) is 0 Å². The molecule has 0 aliphatic rings. The zero-order valence-corrected chi connectivity index (χ0v) is 16.8. The molecule has 6 heteroatoms. The number of fused-ring (bicyclic) bond motifs is 1. The molecule has 0 unspecified atom stereocenters. The summed E-state index contributed by atoms with van der Waals surface area (Å²) in [5.74, 6) is 0.0840. The van der Waals surface area contributed by atoms with Crippen molar-refractivity contribution in [2.75, 3.05) is 5.75 Å². The molecule has 1 N–H and O–H groups in total. The Morgan fingerprint density at radius 2 is 1.69 bits per heavy atom. The SMILES string of the molecule is Cn1c(SCC(=O)N/N=C\c2ccc(-c3ccccc3)cc2)nc2ccccc21. The van der Waals surface area contributed by atoms with E-state index in [9.17, 15) is 4.79 Å². The normalized spacial score (nSPS) is 11.2. The van der Waals surface area contributed by atoms with E-state index in [-0.39, 0.29) is 11.7 Å². The maximum atomic E-state index is 12.1. The highest BCUT2D eigenvalue weighted by Crippen LogP contribution is 2.22. The molecule has 1 amide bonds. The van der Waals surface area contributed by atoms with Crippen molar-refractivity contribution in [2.24, 2.45) is 12.1 Å². The quantitative estimate of drug-likeness (QED) is 0.295. The van der Waals surface area contributed by atoms with E-state index in [0.717, 1.165) is 27.3 Å². The van der Waals surface area contributed by atoms with E-state index in [0.29, 0.717) is 0 Å². The van der Waals surface area contributed by atoms with Crippen LogP contribution in [0.3, 0.4) is 0 Å². The van der Waals surface area contributed by atoms with Gasteiger partial charge < -0.3 is 4.57 Å². The summed E-state index contributed by atoms with van der Waals surface area (Å²) in [5.41, 5.74) is 7.79. The van der Waals surface area contributed by atoms with Gasteiger partial charge in [0.1, 0.15) is 0 Å². The fraction of sp³-hybridized carbons (Fsp3) is 0.0870. The average Bonchev–Trinajstić information content (AvgIpc) is 3.09. The highest BCUT2D eigenvalue weighted by Gasteiger charge is 2.09. The Morgan fingerprint density at radius 1 is 1.00 bits per heavy atom. The van der Waals surface area contributed by atoms with E-state index >= 15 is 0 Å². The number of hydrazone groups is 1. The Hall–Kier alpha value is -3.38. The fourth-order valence-electron chi connectivity index (χ4n) is 2.99. The third kappa shape index (κ3) is 4.55. The number of rotatable bonds is 6. The Kier molecular flexibility index (Phi) is 5.72. The van der Waals surface area contributed by atoms with Gasteiger partial charge in [-0.25, -0.2) is 10.4 Å². The van der Waals surface area contributed by atoms with Crippen molar-refractivity contribution in [3.05, 3.63) is 84.4 Å². The Morgan fingerprint density at radius 3 is 2.45 bits per heavy atom. The van der Waals surface area contributed by atoms with Gasteiger partial charge in [0.15, 0.2) is 5.16 Å². The van der Waals surface area contributed by atoms with Gasteiger partial charge in [0, 0.05) is 7.05 Å². The molecule has 29 heavy (non-hydrogen) atoms. The number of aromatic nitrogens is 2. The van der Waals surface area contributed by atoms with Crippen LogP contribution in [-0.4, -0.2) is 27.4 Å². The molecule has 4 aromatic rings. The van der Waals surface area contributed by atoms with Gasteiger partial charge in [0.05, 0.1) is 23.0 Å². The molecule has 4 rings (SSSR count). The topological polar surface area (TPSA) is 59.3 Å². The van der Waals surface area contributed by atoms with Crippen LogP contribution in [0.1, 0.15) is 5.56 Å². The Balaban J connectivity index is 1.31. The van der Waals surface area contributed by atoms with Gasteiger partial charge in [-0.3, -0.25) is 4.79 Å². The van der Waals surface area contributed by atoms with Gasteiger partial charge in [-0.05, 0) is 28.8 Å². The third-order valence-corrected chi connectivity index (χ3v) is 5.53. The van der Waals surface area contributed by atoms with Gasteiger partial charge in [-0.1, -0.05) is 78.5 Å². The summed E-state index contributed by atoms with van der Waals surface area (Å²) < 4.78 is 1.99. The minimum absolute atomic E-state index is 0.167. The van der Waals surface area contributed by atoms with Crippen LogP contribution in [0.2, 0.25) is 0 Å².